The quantitative estimate of drug-likeness (QED) is 0.809. The highest BCUT2D eigenvalue weighted by atomic mass is 16.5. The van der Waals surface area contributed by atoms with E-state index < -0.39 is 0 Å². The van der Waals surface area contributed by atoms with Crippen LogP contribution in [0.15, 0.2) is 0 Å². The first kappa shape index (κ1) is 19.4. The maximum Gasteiger partial charge on any atom is 0.317 e. The molecule has 0 saturated carbocycles. The zero-order valence-electron chi connectivity index (χ0n) is 16.5. The third-order valence-electron chi connectivity index (χ3n) is 6.12. The summed E-state index contributed by atoms with van der Waals surface area (Å²) in [6.45, 7) is 10.2. The van der Waals surface area contributed by atoms with Crippen molar-refractivity contribution in [3.63, 3.8) is 0 Å². The van der Waals surface area contributed by atoms with Crippen molar-refractivity contribution >= 4 is 11.9 Å². The van der Waals surface area contributed by atoms with Crippen molar-refractivity contribution in [3.8, 4) is 0 Å². The number of morpholine rings is 1. The number of carbonyl (C=O) groups excluding carboxylic acids is 2. The van der Waals surface area contributed by atoms with Crippen molar-refractivity contribution < 1.29 is 14.3 Å². The molecule has 7 heteroatoms. The van der Waals surface area contributed by atoms with E-state index in [2.05, 4.69) is 31.1 Å². The van der Waals surface area contributed by atoms with Gasteiger partial charge >= 0.3 is 6.03 Å². The third kappa shape index (κ3) is 4.31. The number of likely N-dealkylation sites (tertiary alicyclic amines) is 2. The molecular weight excluding hydrogens is 332 g/mol. The van der Waals surface area contributed by atoms with Gasteiger partial charge in [-0.3, -0.25) is 9.69 Å². The summed E-state index contributed by atoms with van der Waals surface area (Å²) in [5.74, 6) is 0.718. The standard InChI is InChI=1S/C19H34N4O3/c1-15(2)13-20-18(25)23-6-4-19(5-7-23)12-16(21(3)14-19)17(24)22-8-10-26-11-9-22/h15-16H,4-14H2,1-3H3,(H,20,25). The van der Waals surface area contributed by atoms with Gasteiger partial charge in [0.05, 0.1) is 19.3 Å². The predicted octanol–water partition coefficient (Wildman–Crippen LogP) is 0.997. The number of ether oxygens (including phenoxy) is 1. The Labute approximate surface area is 157 Å². The molecule has 3 saturated heterocycles. The molecule has 1 N–H and O–H groups in total. The molecule has 1 atom stereocenters. The van der Waals surface area contributed by atoms with E-state index in [4.69, 9.17) is 4.74 Å². The molecule has 3 amide bonds. The summed E-state index contributed by atoms with van der Waals surface area (Å²) in [5, 5.41) is 3.01. The minimum atomic E-state index is -0.0191. The molecule has 26 heavy (non-hydrogen) atoms. The summed E-state index contributed by atoms with van der Waals surface area (Å²) in [7, 11) is 2.07. The summed E-state index contributed by atoms with van der Waals surface area (Å²) in [6.07, 6.45) is 2.89. The average molecular weight is 367 g/mol. The molecule has 3 rings (SSSR count). The minimum absolute atomic E-state index is 0.0191. The number of urea groups is 1. The largest absolute Gasteiger partial charge is 0.378 e. The van der Waals surface area contributed by atoms with E-state index in [0.29, 0.717) is 32.2 Å². The first-order valence-electron chi connectivity index (χ1n) is 10.00. The molecule has 3 aliphatic heterocycles. The summed E-state index contributed by atoms with van der Waals surface area (Å²) >= 11 is 0. The number of hydrogen-bond donors (Lipinski definition) is 1. The fourth-order valence-corrected chi connectivity index (χ4v) is 4.49. The number of rotatable bonds is 3. The predicted molar refractivity (Wildman–Crippen MR) is 99.9 cm³/mol. The monoisotopic (exact) mass is 366 g/mol. The Balaban J connectivity index is 1.53. The van der Waals surface area contributed by atoms with Crippen LogP contribution in [0.3, 0.4) is 0 Å². The zero-order valence-corrected chi connectivity index (χ0v) is 16.5. The van der Waals surface area contributed by atoms with E-state index >= 15 is 0 Å². The van der Waals surface area contributed by atoms with Crippen molar-refractivity contribution in [3.05, 3.63) is 0 Å². The SMILES string of the molecule is CC(C)CNC(=O)N1CCC2(CC1)CC(C(=O)N1CCOCC1)N(C)C2. The topological polar surface area (TPSA) is 65.1 Å². The zero-order chi connectivity index (χ0) is 18.7. The fourth-order valence-electron chi connectivity index (χ4n) is 4.49. The average Bonchev–Trinajstić information content (AvgIpc) is 2.96. The van der Waals surface area contributed by atoms with Crippen molar-refractivity contribution in [1.82, 2.24) is 20.0 Å². The number of hydrogen-bond acceptors (Lipinski definition) is 4. The number of likely N-dealkylation sites (N-methyl/N-ethyl adjacent to an activating group) is 1. The minimum Gasteiger partial charge on any atom is -0.378 e. The fraction of sp³-hybridized carbons (Fsp3) is 0.895. The lowest BCUT2D eigenvalue weighted by atomic mass is 9.76. The van der Waals surface area contributed by atoms with Crippen LogP contribution in [0.1, 0.15) is 33.1 Å². The summed E-state index contributed by atoms with van der Waals surface area (Å²) in [4.78, 5) is 31.3. The Morgan fingerprint density at radius 3 is 2.38 bits per heavy atom. The van der Waals surface area contributed by atoms with Crippen LogP contribution in [-0.2, 0) is 9.53 Å². The van der Waals surface area contributed by atoms with Gasteiger partial charge < -0.3 is 19.9 Å². The van der Waals surface area contributed by atoms with Crippen LogP contribution < -0.4 is 5.32 Å². The Hall–Kier alpha value is -1.34. The Bertz CT molecular complexity index is 511. The molecule has 3 fully saturated rings. The van der Waals surface area contributed by atoms with Gasteiger partial charge in [0.1, 0.15) is 0 Å². The van der Waals surface area contributed by atoms with Crippen LogP contribution in [-0.4, -0.2) is 92.2 Å². The first-order chi connectivity index (χ1) is 12.4. The highest BCUT2D eigenvalue weighted by Crippen LogP contribution is 2.43. The molecule has 3 aliphatic rings. The van der Waals surface area contributed by atoms with Gasteiger partial charge in [-0.05, 0) is 37.6 Å². The van der Waals surface area contributed by atoms with Crippen molar-refractivity contribution in [2.75, 3.05) is 59.5 Å². The highest BCUT2D eigenvalue weighted by Gasteiger charge is 2.48. The molecule has 0 radical (unpaired) electrons. The molecule has 7 nitrogen and oxygen atoms in total. The lowest BCUT2D eigenvalue weighted by molar-refractivity contribution is -0.139. The van der Waals surface area contributed by atoms with Crippen LogP contribution in [0.25, 0.3) is 0 Å². The Morgan fingerprint density at radius 1 is 1.12 bits per heavy atom. The molecule has 3 heterocycles. The molecule has 1 spiro atoms. The summed E-state index contributed by atoms with van der Waals surface area (Å²) in [5.41, 5.74) is 0.177. The molecule has 1 unspecified atom stereocenters. The van der Waals surface area contributed by atoms with Gasteiger partial charge in [-0.15, -0.1) is 0 Å². The normalized spacial score (nSPS) is 26.5. The second kappa shape index (κ2) is 8.13. The van der Waals surface area contributed by atoms with Crippen LogP contribution in [0, 0.1) is 11.3 Å². The van der Waals surface area contributed by atoms with E-state index in [-0.39, 0.29) is 23.4 Å². The molecule has 0 bridgehead atoms. The van der Waals surface area contributed by atoms with Gasteiger partial charge in [-0.25, -0.2) is 4.79 Å². The third-order valence-corrected chi connectivity index (χ3v) is 6.12. The summed E-state index contributed by atoms with van der Waals surface area (Å²) < 4.78 is 5.37. The second-order valence-electron chi connectivity index (χ2n) is 8.64. The van der Waals surface area contributed by atoms with Gasteiger partial charge in [0.2, 0.25) is 5.91 Å². The Kier molecular flexibility index (Phi) is 6.07. The number of amides is 3. The van der Waals surface area contributed by atoms with Crippen LogP contribution in [0.4, 0.5) is 4.79 Å². The van der Waals surface area contributed by atoms with Crippen molar-refractivity contribution in [2.45, 2.75) is 39.2 Å². The van der Waals surface area contributed by atoms with Gasteiger partial charge in [-0.1, -0.05) is 13.8 Å². The smallest absolute Gasteiger partial charge is 0.317 e. The van der Waals surface area contributed by atoms with Gasteiger partial charge in [0.25, 0.3) is 0 Å². The molecule has 0 aliphatic carbocycles. The molecular formula is C19H34N4O3. The second-order valence-corrected chi connectivity index (χ2v) is 8.64. The van der Waals surface area contributed by atoms with E-state index in [1.807, 2.05) is 9.80 Å². The van der Waals surface area contributed by atoms with Gasteiger partial charge in [0, 0.05) is 39.3 Å². The van der Waals surface area contributed by atoms with E-state index in [1.54, 1.807) is 0 Å². The molecule has 0 aromatic heterocycles. The molecule has 0 aromatic rings. The molecule has 148 valence electrons. The maximum atomic E-state index is 12.9. The van der Waals surface area contributed by atoms with Crippen molar-refractivity contribution in [2.24, 2.45) is 11.3 Å². The van der Waals surface area contributed by atoms with Gasteiger partial charge in [0.15, 0.2) is 0 Å². The van der Waals surface area contributed by atoms with Crippen LogP contribution in [0.2, 0.25) is 0 Å². The number of nitrogens with zero attached hydrogens (tertiary/aromatic N) is 3. The Morgan fingerprint density at radius 2 is 1.77 bits per heavy atom. The van der Waals surface area contributed by atoms with Crippen LogP contribution >= 0.6 is 0 Å². The van der Waals surface area contributed by atoms with E-state index in [0.717, 1.165) is 45.4 Å². The van der Waals surface area contributed by atoms with E-state index in [1.165, 1.54) is 0 Å². The lowest BCUT2D eigenvalue weighted by Crippen LogP contribution is -2.49. The molecule has 0 aromatic carbocycles. The van der Waals surface area contributed by atoms with Gasteiger partial charge in [-0.2, -0.15) is 0 Å². The lowest BCUT2D eigenvalue weighted by Gasteiger charge is -2.39. The van der Waals surface area contributed by atoms with E-state index in [9.17, 15) is 9.59 Å². The van der Waals surface area contributed by atoms with Crippen molar-refractivity contribution in [1.29, 1.82) is 0 Å². The number of nitrogens with one attached hydrogen (secondary N) is 1. The number of carbonyl (C=O) groups is 2. The number of piperidine rings is 1. The summed E-state index contributed by atoms with van der Waals surface area (Å²) in [6, 6.07) is 0.0373. The highest BCUT2D eigenvalue weighted by molar-refractivity contribution is 5.82. The first-order valence-corrected chi connectivity index (χ1v) is 10.00. The maximum absolute atomic E-state index is 12.9. The van der Waals surface area contributed by atoms with Crippen LogP contribution in [0.5, 0.6) is 0 Å².